The fourth-order valence-electron chi connectivity index (χ4n) is 1.34. The molecule has 0 unspecified atom stereocenters. The number of carbonyl (C=O) groups is 1. The summed E-state index contributed by atoms with van der Waals surface area (Å²) in [5.41, 5.74) is 0.997. The monoisotopic (exact) mass is 240 g/mol. The number of halogens is 1. The van der Waals surface area contributed by atoms with Gasteiger partial charge in [-0.2, -0.15) is 0 Å². The number of hydrogen-bond acceptors (Lipinski definition) is 2. The molecule has 0 N–H and O–H groups in total. The van der Waals surface area contributed by atoms with Crippen LogP contribution in [-0.4, -0.2) is 11.8 Å². The van der Waals surface area contributed by atoms with Crippen LogP contribution in [0, 0.1) is 5.92 Å². The van der Waals surface area contributed by atoms with E-state index in [-0.39, 0.29) is 18.0 Å². The SMILES string of the molecule is CC(C)C(=O)O[C@H](CCCl)c1ccccc1. The third-order valence-electron chi connectivity index (χ3n) is 2.27. The molecule has 0 radical (unpaired) electrons. The second-order valence-corrected chi connectivity index (χ2v) is 4.35. The summed E-state index contributed by atoms with van der Waals surface area (Å²) >= 11 is 5.72. The van der Waals surface area contributed by atoms with E-state index in [9.17, 15) is 4.79 Å². The molecule has 0 amide bonds. The van der Waals surface area contributed by atoms with Crippen molar-refractivity contribution in [2.45, 2.75) is 26.4 Å². The topological polar surface area (TPSA) is 26.3 Å². The molecule has 0 aliphatic rings. The van der Waals surface area contributed by atoms with Crippen molar-refractivity contribution in [3.05, 3.63) is 35.9 Å². The van der Waals surface area contributed by atoms with E-state index in [1.807, 2.05) is 44.2 Å². The Morgan fingerprint density at radius 3 is 2.44 bits per heavy atom. The molecule has 0 saturated heterocycles. The Bertz CT molecular complexity index is 322. The molecular formula is C13H17ClO2. The average Bonchev–Trinajstić information content (AvgIpc) is 2.29. The summed E-state index contributed by atoms with van der Waals surface area (Å²) in [5.74, 6) is 0.186. The molecule has 1 atom stereocenters. The van der Waals surface area contributed by atoms with Crippen LogP contribution in [0.2, 0.25) is 0 Å². The minimum Gasteiger partial charge on any atom is -0.457 e. The molecular weight excluding hydrogens is 224 g/mol. The Hall–Kier alpha value is -1.02. The van der Waals surface area contributed by atoms with Crippen molar-refractivity contribution in [2.24, 2.45) is 5.92 Å². The first-order chi connectivity index (χ1) is 7.65. The number of ether oxygens (including phenoxy) is 1. The fraction of sp³-hybridized carbons (Fsp3) is 0.462. The number of carbonyl (C=O) groups excluding carboxylic acids is 1. The van der Waals surface area contributed by atoms with Crippen LogP contribution in [-0.2, 0) is 9.53 Å². The lowest BCUT2D eigenvalue weighted by atomic mass is 10.1. The van der Waals surface area contributed by atoms with E-state index in [4.69, 9.17) is 16.3 Å². The highest BCUT2D eigenvalue weighted by Crippen LogP contribution is 2.22. The van der Waals surface area contributed by atoms with E-state index >= 15 is 0 Å². The number of esters is 1. The zero-order valence-electron chi connectivity index (χ0n) is 9.65. The van der Waals surface area contributed by atoms with E-state index in [0.29, 0.717) is 12.3 Å². The second kappa shape index (κ2) is 6.54. The van der Waals surface area contributed by atoms with Gasteiger partial charge in [0.1, 0.15) is 6.10 Å². The molecule has 0 aliphatic carbocycles. The van der Waals surface area contributed by atoms with Gasteiger partial charge in [0.15, 0.2) is 0 Å². The Kier molecular flexibility index (Phi) is 5.33. The largest absolute Gasteiger partial charge is 0.457 e. The summed E-state index contributed by atoms with van der Waals surface area (Å²) in [6, 6.07) is 9.70. The first-order valence-corrected chi connectivity index (χ1v) is 6.00. The van der Waals surface area contributed by atoms with Crippen LogP contribution >= 0.6 is 11.6 Å². The first kappa shape index (κ1) is 13.0. The summed E-state index contributed by atoms with van der Waals surface area (Å²) in [5, 5.41) is 0. The fourth-order valence-corrected chi connectivity index (χ4v) is 1.53. The first-order valence-electron chi connectivity index (χ1n) is 5.46. The lowest BCUT2D eigenvalue weighted by Gasteiger charge is -2.18. The van der Waals surface area contributed by atoms with Gasteiger partial charge in [-0.1, -0.05) is 44.2 Å². The highest BCUT2D eigenvalue weighted by molar-refractivity contribution is 6.17. The van der Waals surface area contributed by atoms with Gasteiger partial charge < -0.3 is 4.74 Å². The van der Waals surface area contributed by atoms with Gasteiger partial charge in [0.25, 0.3) is 0 Å². The quantitative estimate of drug-likeness (QED) is 0.581. The van der Waals surface area contributed by atoms with Crippen LogP contribution in [0.3, 0.4) is 0 Å². The predicted octanol–water partition coefficient (Wildman–Crippen LogP) is 3.56. The van der Waals surface area contributed by atoms with Crippen LogP contribution in [0.1, 0.15) is 31.9 Å². The van der Waals surface area contributed by atoms with Crippen LogP contribution < -0.4 is 0 Å². The van der Waals surface area contributed by atoms with Gasteiger partial charge in [-0.15, -0.1) is 11.6 Å². The second-order valence-electron chi connectivity index (χ2n) is 3.97. The molecule has 1 aromatic rings. The van der Waals surface area contributed by atoms with E-state index in [2.05, 4.69) is 0 Å². The maximum Gasteiger partial charge on any atom is 0.308 e. The van der Waals surface area contributed by atoms with Gasteiger partial charge >= 0.3 is 5.97 Å². The zero-order chi connectivity index (χ0) is 12.0. The van der Waals surface area contributed by atoms with Gasteiger partial charge in [-0.25, -0.2) is 0 Å². The van der Waals surface area contributed by atoms with Gasteiger partial charge in [-0.05, 0) is 5.56 Å². The molecule has 0 saturated carbocycles. The van der Waals surface area contributed by atoms with Crippen molar-refractivity contribution in [3.8, 4) is 0 Å². The van der Waals surface area contributed by atoms with Crippen molar-refractivity contribution in [3.63, 3.8) is 0 Å². The summed E-state index contributed by atoms with van der Waals surface area (Å²) in [6.07, 6.45) is 0.415. The minimum atomic E-state index is -0.228. The Labute approximate surface area is 102 Å². The van der Waals surface area contributed by atoms with Crippen molar-refractivity contribution in [1.29, 1.82) is 0 Å². The number of benzene rings is 1. The zero-order valence-corrected chi connectivity index (χ0v) is 10.4. The smallest absolute Gasteiger partial charge is 0.308 e. The van der Waals surface area contributed by atoms with E-state index in [0.717, 1.165) is 5.56 Å². The molecule has 0 bridgehead atoms. The standard InChI is InChI=1S/C13H17ClO2/c1-10(2)13(15)16-12(8-9-14)11-6-4-3-5-7-11/h3-7,10,12H,8-9H2,1-2H3/t12-/m1/s1. The Morgan fingerprint density at radius 1 is 1.31 bits per heavy atom. The Balaban J connectivity index is 2.72. The maximum absolute atomic E-state index is 11.5. The summed E-state index contributed by atoms with van der Waals surface area (Å²) in [7, 11) is 0. The van der Waals surface area contributed by atoms with Gasteiger partial charge in [0.2, 0.25) is 0 Å². The molecule has 1 rings (SSSR count). The Morgan fingerprint density at radius 2 is 1.94 bits per heavy atom. The normalized spacial score (nSPS) is 12.5. The number of alkyl halides is 1. The van der Waals surface area contributed by atoms with Crippen LogP contribution in [0.25, 0.3) is 0 Å². The van der Waals surface area contributed by atoms with Crippen LogP contribution in [0.4, 0.5) is 0 Å². The van der Waals surface area contributed by atoms with Crippen LogP contribution in [0.5, 0.6) is 0 Å². The predicted molar refractivity (Wildman–Crippen MR) is 65.5 cm³/mol. The summed E-state index contributed by atoms with van der Waals surface area (Å²) in [4.78, 5) is 11.5. The molecule has 0 aromatic heterocycles. The third-order valence-corrected chi connectivity index (χ3v) is 2.49. The number of rotatable bonds is 5. The molecule has 3 heteroatoms. The van der Waals surface area contributed by atoms with Crippen LogP contribution in [0.15, 0.2) is 30.3 Å². The number of hydrogen-bond donors (Lipinski definition) is 0. The molecule has 0 aliphatic heterocycles. The summed E-state index contributed by atoms with van der Waals surface area (Å²) in [6.45, 7) is 3.65. The molecule has 1 aromatic carbocycles. The highest BCUT2D eigenvalue weighted by atomic mass is 35.5. The highest BCUT2D eigenvalue weighted by Gasteiger charge is 2.17. The lowest BCUT2D eigenvalue weighted by molar-refractivity contribution is -0.153. The van der Waals surface area contributed by atoms with Gasteiger partial charge in [-0.3, -0.25) is 4.79 Å². The van der Waals surface area contributed by atoms with Crippen molar-refractivity contribution in [2.75, 3.05) is 5.88 Å². The van der Waals surface area contributed by atoms with Crippen molar-refractivity contribution >= 4 is 17.6 Å². The minimum absolute atomic E-state index is 0.110. The van der Waals surface area contributed by atoms with Crippen molar-refractivity contribution < 1.29 is 9.53 Å². The third kappa shape index (κ3) is 3.86. The average molecular weight is 241 g/mol. The molecule has 88 valence electrons. The van der Waals surface area contributed by atoms with Gasteiger partial charge in [0.05, 0.1) is 5.92 Å². The molecule has 0 spiro atoms. The van der Waals surface area contributed by atoms with Crippen molar-refractivity contribution in [1.82, 2.24) is 0 Å². The lowest BCUT2D eigenvalue weighted by Crippen LogP contribution is -2.16. The van der Waals surface area contributed by atoms with Gasteiger partial charge in [0, 0.05) is 12.3 Å². The molecule has 2 nitrogen and oxygen atoms in total. The molecule has 16 heavy (non-hydrogen) atoms. The summed E-state index contributed by atoms with van der Waals surface area (Å²) < 4.78 is 5.42. The maximum atomic E-state index is 11.5. The molecule has 0 heterocycles. The van der Waals surface area contributed by atoms with E-state index < -0.39 is 0 Å². The molecule has 0 fully saturated rings. The van der Waals surface area contributed by atoms with E-state index in [1.165, 1.54) is 0 Å². The van der Waals surface area contributed by atoms with E-state index in [1.54, 1.807) is 0 Å².